The molecule has 1 aromatic carbocycles. The van der Waals surface area contributed by atoms with E-state index in [1.807, 2.05) is 7.05 Å². The first-order valence-electron chi connectivity index (χ1n) is 5.26. The number of anilines is 1. The van der Waals surface area contributed by atoms with E-state index in [0.717, 1.165) is 6.67 Å². The molecule has 14 heavy (non-hydrogen) atoms. The fourth-order valence-electron chi connectivity index (χ4n) is 1.36. The number of hydrogen-bond donors (Lipinski definition) is 2. The molecule has 1 rings (SSSR count). The van der Waals surface area contributed by atoms with E-state index >= 15 is 0 Å². The summed E-state index contributed by atoms with van der Waals surface area (Å²) in [6.07, 6.45) is 1.20. The van der Waals surface area contributed by atoms with E-state index < -0.39 is 0 Å². The van der Waals surface area contributed by atoms with Crippen molar-refractivity contribution >= 4 is 5.69 Å². The molecule has 0 amide bonds. The highest BCUT2D eigenvalue weighted by Gasteiger charge is 2.01. The lowest BCUT2D eigenvalue weighted by atomic mass is 9.99. The van der Waals surface area contributed by atoms with Crippen molar-refractivity contribution in [3.05, 3.63) is 29.8 Å². The molecule has 0 aliphatic carbocycles. The van der Waals surface area contributed by atoms with E-state index in [1.54, 1.807) is 0 Å². The minimum Gasteiger partial charge on any atom is -0.372 e. The average molecular weight is 192 g/mol. The Bertz CT molecular complexity index is 254. The zero-order valence-corrected chi connectivity index (χ0v) is 9.30. The second kappa shape index (κ2) is 5.66. The molecule has 2 nitrogen and oxygen atoms in total. The van der Waals surface area contributed by atoms with Crippen molar-refractivity contribution in [2.75, 3.05) is 19.0 Å². The van der Waals surface area contributed by atoms with E-state index in [-0.39, 0.29) is 0 Å². The molecule has 0 radical (unpaired) electrons. The molecule has 1 aromatic rings. The smallest absolute Gasteiger partial charge is 0.0650 e. The monoisotopic (exact) mass is 192 g/mol. The van der Waals surface area contributed by atoms with Gasteiger partial charge in [0.15, 0.2) is 0 Å². The summed E-state index contributed by atoms with van der Waals surface area (Å²) in [5.41, 5.74) is 2.59. The first-order valence-corrected chi connectivity index (χ1v) is 5.26. The van der Waals surface area contributed by atoms with Gasteiger partial charge in [0.25, 0.3) is 0 Å². The summed E-state index contributed by atoms with van der Waals surface area (Å²) in [6, 6.07) is 8.68. The van der Waals surface area contributed by atoms with E-state index in [0.29, 0.717) is 5.92 Å². The lowest BCUT2D eigenvalue weighted by Crippen LogP contribution is -2.16. The van der Waals surface area contributed by atoms with Crippen molar-refractivity contribution in [2.24, 2.45) is 0 Å². The molecule has 0 saturated heterocycles. The first-order chi connectivity index (χ1) is 6.77. The van der Waals surface area contributed by atoms with Crippen LogP contribution >= 0.6 is 0 Å². The van der Waals surface area contributed by atoms with Gasteiger partial charge in [-0.15, -0.1) is 0 Å². The molecule has 0 bridgehead atoms. The van der Waals surface area contributed by atoms with Gasteiger partial charge in [-0.05, 0) is 37.1 Å². The summed E-state index contributed by atoms with van der Waals surface area (Å²) in [5, 5.41) is 6.32. The molecule has 0 fully saturated rings. The van der Waals surface area contributed by atoms with Crippen LogP contribution < -0.4 is 10.6 Å². The van der Waals surface area contributed by atoms with Crippen molar-refractivity contribution < 1.29 is 0 Å². The zero-order chi connectivity index (χ0) is 10.4. The largest absolute Gasteiger partial charge is 0.372 e. The van der Waals surface area contributed by atoms with E-state index in [9.17, 15) is 0 Å². The van der Waals surface area contributed by atoms with Gasteiger partial charge in [0, 0.05) is 5.69 Å². The molecule has 2 heteroatoms. The van der Waals surface area contributed by atoms with E-state index in [1.165, 1.54) is 17.7 Å². The van der Waals surface area contributed by atoms with Gasteiger partial charge >= 0.3 is 0 Å². The summed E-state index contributed by atoms with van der Waals surface area (Å²) in [5.74, 6) is 0.661. The Morgan fingerprint density at radius 3 is 2.36 bits per heavy atom. The maximum Gasteiger partial charge on any atom is 0.0650 e. The fraction of sp³-hybridized carbons (Fsp3) is 0.500. The third-order valence-corrected chi connectivity index (χ3v) is 2.56. The highest BCUT2D eigenvalue weighted by atomic mass is 15.0. The number of nitrogens with one attached hydrogen (secondary N) is 2. The van der Waals surface area contributed by atoms with Crippen molar-refractivity contribution in [2.45, 2.75) is 26.2 Å². The Morgan fingerprint density at radius 1 is 1.21 bits per heavy atom. The lowest BCUT2D eigenvalue weighted by Gasteiger charge is -2.10. The van der Waals surface area contributed by atoms with Crippen molar-refractivity contribution in [1.29, 1.82) is 0 Å². The van der Waals surface area contributed by atoms with Gasteiger partial charge in [-0.2, -0.15) is 0 Å². The lowest BCUT2D eigenvalue weighted by molar-refractivity contribution is 0.733. The maximum absolute atomic E-state index is 3.27. The van der Waals surface area contributed by atoms with Gasteiger partial charge in [0.2, 0.25) is 0 Å². The summed E-state index contributed by atoms with van der Waals surface area (Å²) in [7, 11) is 1.93. The molecule has 1 unspecified atom stereocenters. The third-order valence-electron chi connectivity index (χ3n) is 2.56. The zero-order valence-electron chi connectivity index (χ0n) is 9.30. The molecular weight excluding hydrogens is 172 g/mol. The average Bonchev–Trinajstić information content (AvgIpc) is 2.26. The van der Waals surface area contributed by atoms with Crippen LogP contribution in [0, 0.1) is 0 Å². The SMILES string of the molecule is CCC(C)c1ccc(NCNC)cc1. The van der Waals surface area contributed by atoms with Crippen molar-refractivity contribution in [1.82, 2.24) is 5.32 Å². The Hall–Kier alpha value is -1.02. The maximum atomic E-state index is 3.27. The van der Waals surface area contributed by atoms with Gasteiger partial charge in [0.1, 0.15) is 0 Å². The van der Waals surface area contributed by atoms with Crippen LogP contribution in [-0.4, -0.2) is 13.7 Å². The van der Waals surface area contributed by atoms with Crippen molar-refractivity contribution in [3.63, 3.8) is 0 Å². The second-order valence-corrected chi connectivity index (χ2v) is 3.64. The molecule has 1 atom stereocenters. The minimum atomic E-state index is 0.661. The normalized spacial score (nSPS) is 12.5. The van der Waals surface area contributed by atoms with Crippen LogP contribution in [0.4, 0.5) is 5.69 Å². The standard InChI is InChI=1S/C12H20N2/c1-4-10(2)11-5-7-12(8-6-11)14-9-13-3/h5-8,10,13-14H,4,9H2,1-3H3. The third kappa shape index (κ3) is 3.04. The van der Waals surface area contributed by atoms with Crippen LogP contribution in [0.1, 0.15) is 31.7 Å². The van der Waals surface area contributed by atoms with Crippen LogP contribution in [-0.2, 0) is 0 Å². The minimum absolute atomic E-state index is 0.661. The molecule has 78 valence electrons. The molecule has 0 aromatic heterocycles. The van der Waals surface area contributed by atoms with Gasteiger partial charge < -0.3 is 10.6 Å². The highest BCUT2D eigenvalue weighted by molar-refractivity contribution is 5.44. The van der Waals surface area contributed by atoms with Crippen LogP contribution in [0.3, 0.4) is 0 Å². The summed E-state index contributed by atoms with van der Waals surface area (Å²) in [6.45, 7) is 5.29. The second-order valence-electron chi connectivity index (χ2n) is 3.64. The number of hydrogen-bond acceptors (Lipinski definition) is 2. The van der Waals surface area contributed by atoms with Gasteiger partial charge in [-0.25, -0.2) is 0 Å². The van der Waals surface area contributed by atoms with Crippen LogP contribution in [0.2, 0.25) is 0 Å². The molecule has 2 N–H and O–H groups in total. The Morgan fingerprint density at radius 2 is 1.86 bits per heavy atom. The molecular formula is C12H20N2. The topological polar surface area (TPSA) is 24.1 Å². The van der Waals surface area contributed by atoms with Gasteiger partial charge in [0.05, 0.1) is 6.67 Å². The Labute approximate surface area is 86.7 Å². The highest BCUT2D eigenvalue weighted by Crippen LogP contribution is 2.20. The Kier molecular flexibility index (Phi) is 4.47. The molecule has 0 aliphatic heterocycles. The number of rotatable bonds is 5. The molecule has 0 aliphatic rings. The molecule has 0 saturated carbocycles. The van der Waals surface area contributed by atoms with Crippen LogP contribution in [0.25, 0.3) is 0 Å². The molecule has 0 spiro atoms. The predicted octanol–water partition coefficient (Wildman–Crippen LogP) is 2.79. The summed E-state index contributed by atoms with van der Waals surface area (Å²) >= 11 is 0. The summed E-state index contributed by atoms with van der Waals surface area (Å²) in [4.78, 5) is 0. The Balaban J connectivity index is 2.59. The predicted molar refractivity (Wildman–Crippen MR) is 62.7 cm³/mol. The first kappa shape index (κ1) is 11.1. The van der Waals surface area contributed by atoms with E-state index in [2.05, 4.69) is 48.7 Å². The summed E-state index contributed by atoms with van der Waals surface area (Å²) < 4.78 is 0. The number of benzene rings is 1. The van der Waals surface area contributed by atoms with Gasteiger partial charge in [-0.3, -0.25) is 0 Å². The molecule has 0 heterocycles. The van der Waals surface area contributed by atoms with Crippen LogP contribution in [0.15, 0.2) is 24.3 Å². The van der Waals surface area contributed by atoms with Crippen molar-refractivity contribution in [3.8, 4) is 0 Å². The quantitative estimate of drug-likeness (QED) is 0.701. The fourth-order valence-corrected chi connectivity index (χ4v) is 1.36. The van der Waals surface area contributed by atoms with E-state index in [4.69, 9.17) is 0 Å². The van der Waals surface area contributed by atoms with Gasteiger partial charge in [-0.1, -0.05) is 26.0 Å². The van der Waals surface area contributed by atoms with Crippen LogP contribution in [0.5, 0.6) is 0 Å².